The van der Waals surface area contributed by atoms with Crippen molar-refractivity contribution >= 4 is 46.2 Å². The quantitative estimate of drug-likeness (QED) is 0.661. The summed E-state index contributed by atoms with van der Waals surface area (Å²) >= 11 is 11.5. The van der Waals surface area contributed by atoms with E-state index < -0.39 is 11.1 Å². The van der Waals surface area contributed by atoms with Crippen molar-refractivity contribution in [3.8, 4) is 0 Å². The molecule has 2 atom stereocenters. The normalized spacial score (nSPS) is 21.2. The van der Waals surface area contributed by atoms with Gasteiger partial charge in [-0.25, -0.2) is 4.79 Å². The number of rotatable bonds is 4. The monoisotopic (exact) mass is 362 g/mol. The largest absolute Gasteiger partial charge is 0.465 e. The fourth-order valence-electron chi connectivity index (χ4n) is 2.38. The van der Waals surface area contributed by atoms with Crippen LogP contribution in [0.2, 0.25) is 10.0 Å². The zero-order valence-electron chi connectivity index (χ0n) is 12.2. The molecule has 0 radical (unpaired) electrons. The lowest BCUT2D eigenvalue weighted by molar-refractivity contribution is -0.140. The van der Waals surface area contributed by atoms with E-state index in [0.29, 0.717) is 10.0 Å². The predicted octanol–water partition coefficient (Wildman–Crippen LogP) is 2.91. The fourth-order valence-corrected chi connectivity index (χ4v) is 5.04. The Morgan fingerprint density at radius 2 is 2.14 bits per heavy atom. The van der Waals surface area contributed by atoms with Gasteiger partial charge in [-0.05, 0) is 30.5 Å². The molecule has 0 aliphatic carbocycles. The molecule has 0 aromatic heterocycles. The van der Waals surface area contributed by atoms with Crippen molar-refractivity contribution in [2.75, 3.05) is 12.9 Å². The second-order valence-electron chi connectivity index (χ2n) is 5.08. The average molecular weight is 363 g/mol. The van der Waals surface area contributed by atoms with Gasteiger partial charge in [0, 0.05) is 16.5 Å². The van der Waals surface area contributed by atoms with Gasteiger partial charge in [0.1, 0.15) is 16.8 Å². The van der Waals surface area contributed by atoms with Crippen LogP contribution in [0.4, 0.5) is 0 Å². The Kier molecular flexibility index (Phi) is 6.41. The molecular weight excluding hydrogens is 345 g/mol. The van der Waals surface area contributed by atoms with E-state index in [4.69, 9.17) is 27.9 Å². The highest BCUT2D eigenvalue weighted by molar-refractivity contribution is 7.96. The zero-order valence-corrected chi connectivity index (χ0v) is 14.6. The van der Waals surface area contributed by atoms with Crippen LogP contribution in [0.5, 0.6) is 0 Å². The van der Waals surface area contributed by atoms with Crippen molar-refractivity contribution in [3.05, 3.63) is 33.8 Å². The van der Waals surface area contributed by atoms with E-state index in [2.05, 4.69) is 4.72 Å². The third-order valence-electron chi connectivity index (χ3n) is 3.50. The first-order valence-corrected chi connectivity index (χ1v) is 9.23. The molecule has 7 heteroatoms. The third-order valence-corrected chi connectivity index (χ3v) is 6.42. The molecule has 2 rings (SSSR count). The lowest BCUT2D eigenvalue weighted by Crippen LogP contribution is -2.47. The van der Waals surface area contributed by atoms with E-state index in [1.54, 1.807) is 18.2 Å². The molecule has 0 saturated carbocycles. The van der Waals surface area contributed by atoms with Crippen molar-refractivity contribution in [2.24, 2.45) is 0 Å². The highest BCUT2D eigenvalue weighted by Gasteiger charge is 2.42. The van der Waals surface area contributed by atoms with Gasteiger partial charge in [0.15, 0.2) is 0 Å². The Labute approximate surface area is 143 Å². The van der Waals surface area contributed by atoms with Crippen molar-refractivity contribution in [3.63, 3.8) is 0 Å². The number of carbonyl (C=O) groups excluding carboxylic acids is 2. The van der Waals surface area contributed by atoms with E-state index in [-0.39, 0.29) is 23.5 Å². The average Bonchev–Trinajstić information content (AvgIpc) is 2.50. The first-order valence-electron chi connectivity index (χ1n) is 7.02. The second kappa shape index (κ2) is 8.09. The van der Waals surface area contributed by atoms with Gasteiger partial charge in [0.05, 0.1) is 13.5 Å². The highest BCUT2D eigenvalue weighted by Crippen LogP contribution is 2.23. The zero-order chi connectivity index (χ0) is 16.1. The van der Waals surface area contributed by atoms with Gasteiger partial charge in [-0.15, -0.1) is 0 Å². The molecule has 1 heterocycles. The maximum absolute atomic E-state index is 12.2. The second-order valence-corrected chi connectivity index (χ2v) is 7.96. The molecule has 1 amide bonds. The van der Waals surface area contributed by atoms with E-state index in [0.717, 1.165) is 30.6 Å². The molecule has 1 saturated heterocycles. The van der Waals surface area contributed by atoms with Crippen molar-refractivity contribution in [1.82, 2.24) is 4.72 Å². The van der Waals surface area contributed by atoms with Crippen LogP contribution in [0.15, 0.2) is 18.2 Å². The van der Waals surface area contributed by atoms with Crippen LogP contribution < -0.4 is 4.72 Å². The fraction of sp³-hybridized carbons (Fsp3) is 0.467. The Balaban J connectivity index is 1.99. The molecule has 22 heavy (non-hydrogen) atoms. The number of hydrogen-bond donors (Lipinski definition) is 1. The van der Waals surface area contributed by atoms with Gasteiger partial charge in [-0.3, -0.25) is 4.79 Å². The molecule has 1 fully saturated rings. The van der Waals surface area contributed by atoms with Gasteiger partial charge in [-0.2, -0.15) is 4.72 Å². The first kappa shape index (κ1) is 17.4. The molecule has 0 bridgehead atoms. The summed E-state index contributed by atoms with van der Waals surface area (Å²) < 4.78 is 7.80. The Bertz CT molecular complexity index is 568. The number of ether oxygens (including phenoxy) is 1. The van der Waals surface area contributed by atoms with Crippen LogP contribution >= 0.6 is 23.2 Å². The smallest absolute Gasteiger partial charge is 0.361 e. The maximum Gasteiger partial charge on any atom is 0.361 e. The summed E-state index contributed by atoms with van der Waals surface area (Å²) in [5.41, 5.74) is 0.721. The molecule has 1 N–H and O–H groups in total. The molecule has 2 unspecified atom stereocenters. The number of halogens is 2. The van der Waals surface area contributed by atoms with Gasteiger partial charge < -0.3 is 4.74 Å². The first-order chi connectivity index (χ1) is 10.5. The lowest BCUT2D eigenvalue weighted by atomic mass is 10.1. The summed E-state index contributed by atoms with van der Waals surface area (Å²) in [6.45, 7) is 0. The number of benzene rings is 1. The molecule has 1 aliphatic rings. The van der Waals surface area contributed by atoms with Crippen LogP contribution in [-0.4, -0.2) is 30.0 Å². The van der Waals surface area contributed by atoms with Gasteiger partial charge >= 0.3 is 5.97 Å². The summed E-state index contributed by atoms with van der Waals surface area (Å²) in [6, 6.07) is 5.06. The number of hydrogen-bond acceptors (Lipinski definition) is 3. The molecule has 4 nitrogen and oxygen atoms in total. The maximum atomic E-state index is 12.2. The standard InChI is InChI=1S/C15H17Cl2NO3S/c1-21-15(20)13-4-2-3-7-22(13)18-14(19)8-10-5-6-11(16)9-12(10)17/h5-6,9,13H,2-4,7-8H2,1H3/p+1. The number of methoxy groups -OCH3 is 1. The minimum Gasteiger partial charge on any atom is -0.465 e. The lowest BCUT2D eigenvalue weighted by Gasteiger charge is -2.21. The summed E-state index contributed by atoms with van der Waals surface area (Å²) in [5.74, 6) is 0.441. The molecule has 1 aliphatic heterocycles. The van der Waals surface area contributed by atoms with E-state index in [1.165, 1.54) is 7.11 Å². The van der Waals surface area contributed by atoms with Gasteiger partial charge in [0.2, 0.25) is 5.25 Å². The van der Waals surface area contributed by atoms with Gasteiger partial charge in [0.25, 0.3) is 5.91 Å². The molecule has 1 aromatic rings. The Morgan fingerprint density at radius 3 is 2.82 bits per heavy atom. The summed E-state index contributed by atoms with van der Waals surface area (Å²) in [7, 11) is 1.38. The van der Waals surface area contributed by atoms with Gasteiger partial charge in [-0.1, -0.05) is 29.3 Å². The predicted molar refractivity (Wildman–Crippen MR) is 90.2 cm³/mol. The topological polar surface area (TPSA) is 55.4 Å². The van der Waals surface area contributed by atoms with E-state index in [1.807, 2.05) is 0 Å². The van der Waals surface area contributed by atoms with Crippen LogP contribution in [0.3, 0.4) is 0 Å². The van der Waals surface area contributed by atoms with E-state index >= 15 is 0 Å². The van der Waals surface area contributed by atoms with Crippen LogP contribution in [0.1, 0.15) is 24.8 Å². The third kappa shape index (κ3) is 4.54. The molecule has 1 aromatic carbocycles. The van der Waals surface area contributed by atoms with Crippen molar-refractivity contribution < 1.29 is 14.3 Å². The number of esters is 1. The van der Waals surface area contributed by atoms with Crippen LogP contribution in [0, 0.1) is 0 Å². The Hall–Kier alpha value is -0.910. The summed E-state index contributed by atoms with van der Waals surface area (Å²) in [5, 5.41) is 0.775. The minimum absolute atomic E-state index is 0.136. The molecular formula is C15H18Cl2NO3S+. The number of nitrogens with one attached hydrogen (secondary N) is 1. The summed E-state index contributed by atoms with van der Waals surface area (Å²) in [6.07, 6.45) is 2.94. The summed E-state index contributed by atoms with van der Waals surface area (Å²) in [4.78, 5) is 24.0. The highest BCUT2D eigenvalue weighted by atomic mass is 35.5. The number of amides is 1. The van der Waals surface area contributed by atoms with Crippen LogP contribution in [-0.2, 0) is 31.8 Å². The molecule has 120 valence electrons. The van der Waals surface area contributed by atoms with Crippen LogP contribution in [0.25, 0.3) is 0 Å². The van der Waals surface area contributed by atoms with Crippen molar-refractivity contribution in [1.29, 1.82) is 0 Å². The SMILES string of the molecule is COC(=O)C1CCCC[S+]1NC(=O)Cc1ccc(Cl)cc1Cl. The van der Waals surface area contributed by atoms with Crippen molar-refractivity contribution in [2.45, 2.75) is 30.9 Å². The minimum atomic E-state index is -0.470. The van der Waals surface area contributed by atoms with E-state index in [9.17, 15) is 9.59 Å². The molecule has 0 spiro atoms. The number of carbonyl (C=O) groups is 2. The Morgan fingerprint density at radius 1 is 1.36 bits per heavy atom.